The lowest BCUT2D eigenvalue weighted by Gasteiger charge is -2.19. The first-order chi connectivity index (χ1) is 15.1. The predicted octanol–water partition coefficient (Wildman–Crippen LogP) is 6.61. The number of pyridine rings is 1. The van der Waals surface area contributed by atoms with E-state index in [4.69, 9.17) is 21.1 Å². The van der Waals surface area contributed by atoms with Crippen molar-refractivity contribution in [3.8, 4) is 22.9 Å². The van der Waals surface area contributed by atoms with Crippen LogP contribution in [0.1, 0.15) is 20.8 Å². The van der Waals surface area contributed by atoms with E-state index in [2.05, 4.69) is 10.1 Å². The number of benzene rings is 2. The molecule has 2 heterocycles. The van der Waals surface area contributed by atoms with Gasteiger partial charge in [0.1, 0.15) is 17.1 Å². The van der Waals surface area contributed by atoms with E-state index >= 15 is 0 Å². The molecule has 0 aliphatic carbocycles. The fraction of sp³-hybridized carbons (Fsp3) is 0.174. The van der Waals surface area contributed by atoms with Crippen LogP contribution in [0.5, 0.6) is 11.6 Å². The number of hydrogen-bond acceptors (Lipinski definition) is 5. The van der Waals surface area contributed by atoms with Crippen LogP contribution < -0.4 is 4.74 Å². The van der Waals surface area contributed by atoms with Crippen LogP contribution in [0, 0.1) is 11.6 Å². The quantitative estimate of drug-likeness (QED) is 0.346. The molecule has 0 spiro atoms. The molecule has 0 saturated carbocycles. The summed E-state index contributed by atoms with van der Waals surface area (Å²) in [6, 6.07) is 11.4. The topological polar surface area (TPSA) is 66.2 Å². The normalized spacial score (nSPS) is 11.6. The largest absolute Gasteiger partial charge is 0.442 e. The van der Waals surface area contributed by atoms with Crippen LogP contribution in [0.4, 0.5) is 13.6 Å². The molecule has 32 heavy (non-hydrogen) atoms. The summed E-state index contributed by atoms with van der Waals surface area (Å²) in [6.07, 6.45) is 0.726. The summed E-state index contributed by atoms with van der Waals surface area (Å²) in [5, 5.41) is 5.37. The zero-order valence-corrected chi connectivity index (χ0v) is 18.2. The van der Waals surface area contributed by atoms with E-state index in [1.165, 1.54) is 12.3 Å². The van der Waals surface area contributed by atoms with Crippen LogP contribution in [-0.2, 0) is 4.74 Å². The van der Waals surface area contributed by atoms with Crippen LogP contribution in [-0.4, -0.2) is 26.5 Å². The van der Waals surface area contributed by atoms with Crippen molar-refractivity contribution >= 4 is 28.6 Å². The van der Waals surface area contributed by atoms with Gasteiger partial charge in [0.15, 0.2) is 11.6 Å². The number of fused-ring (bicyclic) bond motifs is 1. The highest BCUT2D eigenvalue weighted by Crippen LogP contribution is 2.34. The van der Waals surface area contributed by atoms with Gasteiger partial charge >= 0.3 is 6.09 Å². The third-order valence-electron chi connectivity index (χ3n) is 4.34. The Morgan fingerprint density at radius 3 is 2.53 bits per heavy atom. The molecule has 0 radical (unpaired) electrons. The maximum Gasteiger partial charge on any atom is 0.435 e. The summed E-state index contributed by atoms with van der Waals surface area (Å²) in [5.74, 6) is -1.85. The second kappa shape index (κ2) is 8.20. The maximum absolute atomic E-state index is 14.0. The van der Waals surface area contributed by atoms with E-state index in [1.807, 2.05) is 0 Å². The maximum atomic E-state index is 14.0. The highest BCUT2D eigenvalue weighted by atomic mass is 35.5. The van der Waals surface area contributed by atoms with E-state index in [9.17, 15) is 13.6 Å². The average molecular weight is 458 g/mol. The molecule has 6 nitrogen and oxygen atoms in total. The third-order valence-corrected chi connectivity index (χ3v) is 4.67. The summed E-state index contributed by atoms with van der Waals surface area (Å²) in [7, 11) is 0. The van der Waals surface area contributed by atoms with Gasteiger partial charge in [-0.05, 0) is 39.0 Å². The number of hydrogen-bond donors (Lipinski definition) is 0. The van der Waals surface area contributed by atoms with Gasteiger partial charge in [-0.2, -0.15) is 9.78 Å². The van der Waals surface area contributed by atoms with E-state index < -0.39 is 23.3 Å². The number of carbonyl (C=O) groups excluding carboxylic acids is 1. The molecular formula is C23H18ClF2N3O3. The number of nitrogens with zero attached hydrogens (tertiary/aromatic N) is 3. The molecule has 0 unspecified atom stereocenters. The third kappa shape index (κ3) is 4.40. The molecule has 0 N–H and O–H groups in total. The van der Waals surface area contributed by atoms with Crippen LogP contribution >= 0.6 is 11.6 Å². The number of halogens is 3. The molecule has 0 atom stereocenters. The lowest BCUT2D eigenvalue weighted by molar-refractivity contribution is 0.0523. The fourth-order valence-corrected chi connectivity index (χ4v) is 3.24. The van der Waals surface area contributed by atoms with Crippen molar-refractivity contribution < 1.29 is 23.0 Å². The van der Waals surface area contributed by atoms with Crippen molar-refractivity contribution in [3.63, 3.8) is 0 Å². The van der Waals surface area contributed by atoms with Crippen molar-refractivity contribution in [1.29, 1.82) is 0 Å². The monoisotopic (exact) mass is 457 g/mol. The minimum absolute atomic E-state index is 0.0153. The molecule has 4 aromatic rings. The molecule has 0 saturated heterocycles. The Bertz CT molecular complexity index is 1330. The van der Waals surface area contributed by atoms with Crippen LogP contribution in [0.15, 0.2) is 54.7 Å². The molecule has 9 heteroatoms. The molecule has 0 amide bonds. The van der Waals surface area contributed by atoms with E-state index in [0.717, 1.165) is 16.8 Å². The van der Waals surface area contributed by atoms with Crippen molar-refractivity contribution in [2.24, 2.45) is 0 Å². The number of ether oxygens (including phenoxy) is 2. The van der Waals surface area contributed by atoms with E-state index in [1.54, 1.807) is 45.0 Å². The number of carbonyl (C=O) groups is 1. The minimum atomic E-state index is -0.885. The molecule has 0 aliphatic rings. The van der Waals surface area contributed by atoms with Crippen molar-refractivity contribution in [1.82, 2.24) is 14.8 Å². The highest BCUT2D eigenvalue weighted by molar-refractivity contribution is 6.33. The lowest BCUT2D eigenvalue weighted by Crippen LogP contribution is -2.27. The van der Waals surface area contributed by atoms with Gasteiger partial charge in [0.2, 0.25) is 5.88 Å². The molecule has 0 fully saturated rings. The Labute approximate surface area is 187 Å². The SMILES string of the molecule is CC(C)(C)OC(=O)n1nc(-c2ccccc2Cl)c2cnc(Oc3ccc(F)cc3F)cc21. The van der Waals surface area contributed by atoms with E-state index in [-0.39, 0.29) is 11.6 Å². The molecule has 164 valence electrons. The fourth-order valence-electron chi connectivity index (χ4n) is 3.01. The van der Waals surface area contributed by atoms with Crippen molar-refractivity contribution in [2.75, 3.05) is 0 Å². The van der Waals surface area contributed by atoms with E-state index in [0.29, 0.717) is 33.2 Å². The minimum Gasteiger partial charge on any atom is -0.442 e. The number of rotatable bonds is 3. The van der Waals surface area contributed by atoms with Gasteiger partial charge in [-0.1, -0.05) is 29.8 Å². The molecular weight excluding hydrogens is 440 g/mol. The highest BCUT2D eigenvalue weighted by Gasteiger charge is 2.24. The lowest BCUT2D eigenvalue weighted by atomic mass is 10.1. The van der Waals surface area contributed by atoms with Gasteiger partial charge in [0.05, 0.1) is 10.5 Å². The zero-order chi connectivity index (χ0) is 23.0. The Kier molecular flexibility index (Phi) is 5.56. The molecule has 2 aromatic carbocycles. The Morgan fingerprint density at radius 2 is 1.84 bits per heavy atom. The van der Waals surface area contributed by atoms with Gasteiger partial charge in [-0.3, -0.25) is 0 Å². The Morgan fingerprint density at radius 1 is 1.09 bits per heavy atom. The molecule has 2 aromatic heterocycles. The van der Waals surface area contributed by atoms with Crippen LogP contribution in [0.25, 0.3) is 22.2 Å². The molecule has 0 aliphatic heterocycles. The summed E-state index contributed by atoms with van der Waals surface area (Å²) >= 11 is 6.34. The van der Waals surface area contributed by atoms with Gasteiger partial charge in [-0.15, -0.1) is 0 Å². The van der Waals surface area contributed by atoms with Crippen LogP contribution in [0.3, 0.4) is 0 Å². The van der Waals surface area contributed by atoms with Gasteiger partial charge < -0.3 is 9.47 Å². The smallest absolute Gasteiger partial charge is 0.435 e. The second-order valence-electron chi connectivity index (χ2n) is 7.94. The van der Waals surface area contributed by atoms with Crippen molar-refractivity contribution in [3.05, 3.63) is 71.4 Å². The average Bonchev–Trinajstić information content (AvgIpc) is 3.08. The number of aromatic nitrogens is 3. The first-order valence-electron chi connectivity index (χ1n) is 9.62. The van der Waals surface area contributed by atoms with Gasteiger partial charge in [0.25, 0.3) is 0 Å². The molecule has 4 rings (SSSR count). The molecule has 0 bridgehead atoms. The second-order valence-corrected chi connectivity index (χ2v) is 8.34. The first kappa shape index (κ1) is 21.7. The Hall–Kier alpha value is -3.52. The summed E-state index contributed by atoms with van der Waals surface area (Å²) < 4.78 is 39.2. The predicted molar refractivity (Wildman–Crippen MR) is 116 cm³/mol. The van der Waals surface area contributed by atoms with Crippen LogP contribution in [0.2, 0.25) is 5.02 Å². The van der Waals surface area contributed by atoms with Gasteiger partial charge in [0, 0.05) is 29.3 Å². The first-order valence-corrected chi connectivity index (χ1v) is 10.00. The van der Waals surface area contributed by atoms with Crippen molar-refractivity contribution in [2.45, 2.75) is 26.4 Å². The standard InChI is InChI=1S/C23H18ClF2N3O3/c1-23(2,3)32-22(30)29-18-11-20(31-19-9-8-13(25)10-17(19)26)27-12-15(18)21(28-29)14-6-4-5-7-16(14)24/h4-12H,1-3H3. The zero-order valence-electron chi connectivity index (χ0n) is 17.4. The van der Waals surface area contributed by atoms with Gasteiger partial charge in [-0.25, -0.2) is 18.6 Å². The summed E-state index contributed by atoms with van der Waals surface area (Å²) in [6.45, 7) is 5.21. The Balaban J connectivity index is 1.85. The summed E-state index contributed by atoms with van der Waals surface area (Å²) in [4.78, 5) is 17.0. The summed E-state index contributed by atoms with van der Waals surface area (Å²) in [5.41, 5.74) is 0.579.